The summed E-state index contributed by atoms with van der Waals surface area (Å²) in [6.07, 6.45) is 7.72. The second-order valence-electron chi connectivity index (χ2n) is 9.78. The van der Waals surface area contributed by atoms with E-state index in [4.69, 9.17) is 29.2 Å². The van der Waals surface area contributed by atoms with Crippen molar-refractivity contribution in [3.63, 3.8) is 0 Å². The number of benzene rings is 1. The van der Waals surface area contributed by atoms with E-state index in [0.29, 0.717) is 23.0 Å². The number of carbonyl (C=O) groups excluding carboxylic acids is 2. The van der Waals surface area contributed by atoms with E-state index in [2.05, 4.69) is 5.32 Å². The Balaban J connectivity index is 1.34. The van der Waals surface area contributed by atoms with Crippen LogP contribution in [0.25, 0.3) is 6.08 Å². The highest BCUT2D eigenvalue weighted by Crippen LogP contribution is 2.59. The third kappa shape index (κ3) is 5.34. The van der Waals surface area contributed by atoms with Gasteiger partial charge in [0.25, 0.3) is 0 Å². The molecule has 4 aliphatic rings. The summed E-state index contributed by atoms with van der Waals surface area (Å²) in [7, 11) is 0. The molecule has 3 fully saturated rings. The maximum atomic E-state index is 13.2. The van der Waals surface area contributed by atoms with Gasteiger partial charge in [-0.15, -0.1) is 0 Å². The Bertz CT molecular complexity index is 1020. The predicted molar refractivity (Wildman–Crippen MR) is 128 cm³/mol. The van der Waals surface area contributed by atoms with Crippen molar-refractivity contribution in [2.45, 2.75) is 56.2 Å². The summed E-state index contributed by atoms with van der Waals surface area (Å²) in [6.45, 7) is 0.0899. The molecule has 5 rings (SSSR count). The van der Waals surface area contributed by atoms with E-state index in [1.54, 1.807) is 30.4 Å². The van der Waals surface area contributed by atoms with Crippen LogP contribution in [0.2, 0.25) is 0 Å². The van der Waals surface area contributed by atoms with Gasteiger partial charge in [0.15, 0.2) is 5.79 Å². The number of amides is 1. The first-order valence-electron chi connectivity index (χ1n) is 12.7. The van der Waals surface area contributed by atoms with Crippen LogP contribution >= 0.6 is 0 Å². The Morgan fingerprint density at radius 2 is 1.89 bits per heavy atom. The van der Waals surface area contributed by atoms with Gasteiger partial charge in [0.2, 0.25) is 5.91 Å². The largest absolute Gasteiger partial charge is 0.499 e. The number of nitrogens with one attached hydrogen (secondary N) is 1. The number of fused-ring (bicyclic) bond motifs is 1. The zero-order valence-electron chi connectivity index (χ0n) is 20.1. The molecule has 3 atom stereocenters. The van der Waals surface area contributed by atoms with Gasteiger partial charge in [0.1, 0.15) is 24.9 Å². The summed E-state index contributed by atoms with van der Waals surface area (Å²) in [5, 5.41) is 20.6. The zero-order chi connectivity index (χ0) is 25.1. The van der Waals surface area contributed by atoms with Crippen LogP contribution < -0.4 is 5.32 Å². The van der Waals surface area contributed by atoms with Crippen LogP contribution in [0.1, 0.15) is 48.0 Å². The fourth-order valence-corrected chi connectivity index (χ4v) is 5.07. The Labute approximate surface area is 210 Å². The smallest absolute Gasteiger partial charge is 0.338 e. The molecule has 9 heteroatoms. The number of hydrogen-bond acceptors (Lipinski definition) is 8. The van der Waals surface area contributed by atoms with Gasteiger partial charge in [0, 0.05) is 30.4 Å². The summed E-state index contributed by atoms with van der Waals surface area (Å²) < 4.78 is 24.2. The van der Waals surface area contributed by atoms with E-state index >= 15 is 0 Å². The first-order valence-corrected chi connectivity index (χ1v) is 12.7. The van der Waals surface area contributed by atoms with Crippen molar-refractivity contribution in [1.82, 2.24) is 5.32 Å². The fraction of sp³-hybridized carbons (Fsp3) is 0.556. The third-order valence-electron chi connectivity index (χ3n) is 7.05. The standard InChI is InChI=1S/C27H33NO8/c29-10-9-28-25(31)19-15-22(24-23(16-19)35-27(36-24,20-4-5-20)21-6-7-21)34-26(32)18-3-1-2-17(14-18)8-12-33-13-11-30/h1-3,8,12,14,16,20-24,29-30H,4-7,9-11,13,15H2,(H,28,31). The topological polar surface area (TPSA) is 124 Å². The van der Waals surface area contributed by atoms with Gasteiger partial charge in [-0.1, -0.05) is 12.1 Å². The van der Waals surface area contributed by atoms with Gasteiger partial charge in [-0.25, -0.2) is 4.79 Å². The SMILES string of the molecule is O=C(NCCO)C1=CC2OC(C3CC3)(C3CC3)OC2C(OC(=O)c2cccc(C=COCCO)c2)C1. The van der Waals surface area contributed by atoms with E-state index in [-0.39, 0.29) is 38.7 Å². The van der Waals surface area contributed by atoms with E-state index in [0.717, 1.165) is 31.2 Å². The highest BCUT2D eigenvalue weighted by atomic mass is 16.8. The Morgan fingerprint density at radius 1 is 1.11 bits per heavy atom. The molecule has 1 aliphatic heterocycles. The second kappa shape index (κ2) is 10.7. The first kappa shape index (κ1) is 25.0. The van der Waals surface area contributed by atoms with Crippen molar-refractivity contribution in [1.29, 1.82) is 0 Å². The van der Waals surface area contributed by atoms with E-state index in [9.17, 15) is 9.59 Å². The summed E-state index contributed by atoms with van der Waals surface area (Å²) in [5.41, 5.74) is 1.58. The van der Waals surface area contributed by atoms with E-state index < -0.39 is 30.1 Å². The summed E-state index contributed by atoms with van der Waals surface area (Å²) in [6, 6.07) is 6.94. The molecule has 0 aromatic heterocycles. The number of carbonyl (C=O) groups is 2. The Kier molecular flexibility index (Phi) is 7.43. The van der Waals surface area contributed by atoms with Crippen LogP contribution in [0.5, 0.6) is 0 Å². The lowest BCUT2D eigenvalue weighted by atomic mass is 9.91. The highest BCUT2D eigenvalue weighted by Gasteiger charge is 2.64. The van der Waals surface area contributed by atoms with Crippen LogP contribution in [0, 0.1) is 11.8 Å². The molecule has 3 unspecified atom stereocenters. The number of rotatable bonds is 11. The Hall–Kier alpha value is -2.72. The van der Waals surface area contributed by atoms with Gasteiger partial charge in [-0.2, -0.15) is 0 Å². The van der Waals surface area contributed by atoms with Gasteiger partial charge >= 0.3 is 5.97 Å². The predicted octanol–water partition coefficient (Wildman–Crippen LogP) is 1.93. The van der Waals surface area contributed by atoms with Crippen LogP contribution in [-0.4, -0.2) is 72.6 Å². The van der Waals surface area contributed by atoms with Crippen LogP contribution in [0.4, 0.5) is 0 Å². The minimum absolute atomic E-state index is 0.0801. The quantitative estimate of drug-likeness (QED) is 0.240. The first-order chi connectivity index (χ1) is 17.5. The molecule has 0 radical (unpaired) electrons. The zero-order valence-corrected chi connectivity index (χ0v) is 20.1. The summed E-state index contributed by atoms with van der Waals surface area (Å²) >= 11 is 0. The lowest BCUT2D eigenvalue weighted by Crippen LogP contribution is -2.44. The average molecular weight is 500 g/mol. The molecule has 194 valence electrons. The molecule has 1 saturated heterocycles. The number of aliphatic hydroxyl groups is 2. The molecule has 1 aromatic carbocycles. The minimum Gasteiger partial charge on any atom is -0.499 e. The maximum Gasteiger partial charge on any atom is 0.338 e. The lowest BCUT2D eigenvalue weighted by Gasteiger charge is -2.31. The van der Waals surface area contributed by atoms with Crippen molar-refractivity contribution in [2.24, 2.45) is 11.8 Å². The van der Waals surface area contributed by atoms with Gasteiger partial charge in [-0.3, -0.25) is 4.79 Å². The molecule has 2 saturated carbocycles. The fourth-order valence-electron chi connectivity index (χ4n) is 5.07. The lowest BCUT2D eigenvalue weighted by molar-refractivity contribution is -0.209. The molecule has 1 amide bonds. The number of ether oxygens (including phenoxy) is 4. The molecule has 1 heterocycles. The molecular formula is C27H33NO8. The molecule has 3 N–H and O–H groups in total. The van der Waals surface area contributed by atoms with Crippen LogP contribution in [0.3, 0.4) is 0 Å². The normalized spacial score (nSPS) is 26.8. The molecule has 0 bridgehead atoms. The van der Waals surface area contributed by atoms with Crippen molar-refractivity contribution in [2.75, 3.05) is 26.4 Å². The minimum atomic E-state index is -0.686. The number of hydrogen-bond donors (Lipinski definition) is 3. The molecule has 0 spiro atoms. The van der Waals surface area contributed by atoms with Gasteiger partial charge in [0.05, 0.1) is 25.0 Å². The average Bonchev–Trinajstić information content (AvgIpc) is 3.82. The van der Waals surface area contributed by atoms with Crippen molar-refractivity contribution in [3.05, 3.63) is 53.3 Å². The molecule has 1 aromatic rings. The summed E-state index contributed by atoms with van der Waals surface area (Å²) in [4.78, 5) is 25.9. The van der Waals surface area contributed by atoms with Crippen molar-refractivity contribution in [3.8, 4) is 0 Å². The van der Waals surface area contributed by atoms with Crippen molar-refractivity contribution >= 4 is 18.0 Å². The molecule has 3 aliphatic carbocycles. The Morgan fingerprint density at radius 3 is 2.58 bits per heavy atom. The number of esters is 1. The van der Waals surface area contributed by atoms with Crippen LogP contribution in [-0.2, 0) is 23.7 Å². The third-order valence-corrected chi connectivity index (χ3v) is 7.05. The number of aliphatic hydroxyl groups excluding tert-OH is 2. The van der Waals surface area contributed by atoms with Gasteiger partial charge in [-0.05, 0) is 55.5 Å². The van der Waals surface area contributed by atoms with Gasteiger partial charge < -0.3 is 34.5 Å². The molecule has 36 heavy (non-hydrogen) atoms. The van der Waals surface area contributed by atoms with Crippen LogP contribution in [0.15, 0.2) is 42.2 Å². The second-order valence-corrected chi connectivity index (χ2v) is 9.78. The summed E-state index contributed by atoms with van der Waals surface area (Å²) in [5.74, 6) is -0.807. The highest BCUT2D eigenvalue weighted by molar-refractivity contribution is 5.94. The molecular weight excluding hydrogens is 466 g/mol. The maximum absolute atomic E-state index is 13.2. The monoisotopic (exact) mass is 499 g/mol. The van der Waals surface area contributed by atoms with E-state index in [1.807, 2.05) is 6.07 Å². The van der Waals surface area contributed by atoms with Crippen molar-refractivity contribution < 1.29 is 38.7 Å². The molecule has 9 nitrogen and oxygen atoms in total. The van der Waals surface area contributed by atoms with E-state index in [1.165, 1.54) is 6.26 Å².